The Bertz CT molecular complexity index is 400. The van der Waals surface area contributed by atoms with Gasteiger partial charge in [-0.05, 0) is 37.0 Å². The molecule has 0 radical (unpaired) electrons. The van der Waals surface area contributed by atoms with Gasteiger partial charge >= 0.3 is 0 Å². The summed E-state index contributed by atoms with van der Waals surface area (Å²) < 4.78 is 0. The molecular formula is C13H16ClNO2. The largest absolute Gasteiger partial charge is 0.396 e. The Morgan fingerprint density at radius 1 is 1.41 bits per heavy atom. The first-order valence-corrected chi connectivity index (χ1v) is 6.23. The molecule has 3 nitrogen and oxygen atoms in total. The van der Waals surface area contributed by atoms with Gasteiger partial charge in [0.25, 0.3) is 0 Å². The van der Waals surface area contributed by atoms with Crippen LogP contribution in [0.15, 0.2) is 18.2 Å². The third-order valence-electron chi connectivity index (χ3n) is 3.35. The van der Waals surface area contributed by atoms with E-state index in [2.05, 4.69) is 4.90 Å². The first-order chi connectivity index (χ1) is 8.24. The Hall–Kier alpha value is -1.06. The maximum Gasteiger partial charge on any atom is 0.151 e. The molecule has 1 fully saturated rings. The van der Waals surface area contributed by atoms with Crippen molar-refractivity contribution in [2.24, 2.45) is 5.92 Å². The molecule has 1 aromatic rings. The zero-order valence-electron chi connectivity index (χ0n) is 9.60. The van der Waals surface area contributed by atoms with Crippen molar-refractivity contribution in [1.82, 2.24) is 0 Å². The third-order valence-corrected chi connectivity index (χ3v) is 3.68. The summed E-state index contributed by atoms with van der Waals surface area (Å²) in [5, 5.41) is 9.58. The zero-order chi connectivity index (χ0) is 12.3. The second kappa shape index (κ2) is 5.52. The standard InChI is InChI=1S/C13H16ClNO2/c14-13-7-12(2-1-11(13)9-17)15-5-3-10(8-16)4-6-15/h1-2,7,9-10,16H,3-6,8H2. The van der Waals surface area contributed by atoms with Crippen LogP contribution in [0.25, 0.3) is 0 Å². The van der Waals surface area contributed by atoms with Crippen LogP contribution in [0.4, 0.5) is 5.69 Å². The SMILES string of the molecule is O=Cc1ccc(N2CCC(CO)CC2)cc1Cl. The molecule has 1 aromatic carbocycles. The molecule has 0 spiro atoms. The molecule has 0 atom stereocenters. The van der Waals surface area contributed by atoms with Crippen LogP contribution in [0.3, 0.4) is 0 Å². The molecule has 0 unspecified atom stereocenters. The average Bonchev–Trinajstić information content (AvgIpc) is 2.39. The first kappa shape index (κ1) is 12.4. The van der Waals surface area contributed by atoms with Gasteiger partial charge < -0.3 is 10.0 Å². The van der Waals surface area contributed by atoms with E-state index in [0.717, 1.165) is 37.9 Å². The maximum atomic E-state index is 10.7. The van der Waals surface area contributed by atoms with E-state index in [4.69, 9.17) is 16.7 Å². The van der Waals surface area contributed by atoms with Crippen molar-refractivity contribution in [2.45, 2.75) is 12.8 Å². The summed E-state index contributed by atoms with van der Waals surface area (Å²) >= 11 is 6.01. The molecule has 0 aromatic heterocycles. The summed E-state index contributed by atoms with van der Waals surface area (Å²) in [4.78, 5) is 12.9. The third kappa shape index (κ3) is 2.79. The Morgan fingerprint density at radius 3 is 2.65 bits per heavy atom. The van der Waals surface area contributed by atoms with Crippen LogP contribution in [-0.2, 0) is 0 Å². The number of rotatable bonds is 3. The van der Waals surface area contributed by atoms with Gasteiger partial charge in [-0.2, -0.15) is 0 Å². The molecule has 2 rings (SSSR count). The number of aliphatic hydroxyl groups excluding tert-OH is 1. The van der Waals surface area contributed by atoms with Crippen molar-refractivity contribution in [1.29, 1.82) is 0 Å². The molecule has 0 bridgehead atoms. The second-order valence-corrected chi connectivity index (χ2v) is 4.84. The van der Waals surface area contributed by atoms with Gasteiger partial charge in [-0.1, -0.05) is 11.6 Å². The van der Waals surface area contributed by atoms with Gasteiger partial charge in [0.1, 0.15) is 0 Å². The molecule has 1 saturated heterocycles. The summed E-state index contributed by atoms with van der Waals surface area (Å²) in [6.45, 7) is 2.14. The van der Waals surface area contributed by atoms with Crippen LogP contribution in [-0.4, -0.2) is 31.1 Å². The van der Waals surface area contributed by atoms with E-state index < -0.39 is 0 Å². The summed E-state index contributed by atoms with van der Waals surface area (Å²) in [6, 6.07) is 5.52. The highest BCUT2D eigenvalue weighted by Gasteiger charge is 2.19. The molecule has 17 heavy (non-hydrogen) atoms. The topological polar surface area (TPSA) is 40.5 Å². The van der Waals surface area contributed by atoms with E-state index in [1.54, 1.807) is 6.07 Å². The fourth-order valence-electron chi connectivity index (χ4n) is 2.18. The van der Waals surface area contributed by atoms with E-state index in [9.17, 15) is 4.79 Å². The molecule has 92 valence electrons. The molecule has 4 heteroatoms. The monoisotopic (exact) mass is 253 g/mol. The van der Waals surface area contributed by atoms with Crippen LogP contribution < -0.4 is 4.90 Å². The molecule has 1 heterocycles. The summed E-state index contributed by atoms with van der Waals surface area (Å²) in [5.41, 5.74) is 1.58. The molecule has 1 aliphatic rings. The molecular weight excluding hydrogens is 238 g/mol. The van der Waals surface area contributed by atoms with Crippen molar-refractivity contribution in [3.8, 4) is 0 Å². The molecule has 1 aliphatic heterocycles. The number of carbonyl (C=O) groups is 1. The molecule has 0 aliphatic carbocycles. The van der Waals surface area contributed by atoms with Crippen molar-refractivity contribution < 1.29 is 9.90 Å². The van der Waals surface area contributed by atoms with E-state index in [0.29, 0.717) is 16.5 Å². The first-order valence-electron chi connectivity index (χ1n) is 5.85. The Kier molecular flexibility index (Phi) is 4.02. The number of hydrogen-bond acceptors (Lipinski definition) is 3. The fourth-order valence-corrected chi connectivity index (χ4v) is 2.40. The lowest BCUT2D eigenvalue weighted by atomic mass is 9.97. The molecule has 1 N–H and O–H groups in total. The number of anilines is 1. The van der Waals surface area contributed by atoms with Gasteiger partial charge in [0.2, 0.25) is 0 Å². The number of carbonyl (C=O) groups excluding carboxylic acids is 1. The van der Waals surface area contributed by atoms with Gasteiger partial charge in [0.05, 0.1) is 5.02 Å². The van der Waals surface area contributed by atoms with Crippen LogP contribution in [0.1, 0.15) is 23.2 Å². The highest BCUT2D eigenvalue weighted by molar-refractivity contribution is 6.33. The Morgan fingerprint density at radius 2 is 2.12 bits per heavy atom. The quantitative estimate of drug-likeness (QED) is 0.841. The normalized spacial score (nSPS) is 17.2. The van der Waals surface area contributed by atoms with E-state index >= 15 is 0 Å². The highest BCUT2D eigenvalue weighted by Crippen LogP contribution is 2.26. The number of benzene rings is 1. The summed E-state index contributed by atoms with van der Waals surface area (Å²) in [7, 11) is 0. The molecule has 0 amide bonds. The number of nitrogens with zero attached hydrogens (tertiary/aromatic N) is 1. The van der Waals surface area contributed by atoms with E-state index in [1.807, 2.05) is 12.1 Å². The maximum absolute atomic E-state index is 10.7. The average molecular weight is 254 g/mol. The lowest BCUT2D eigenvalue weighted by molar-refractivity contribution is 0.112. The number of halogens is 1. The smallest absolute Gasteiger partial charge is 0.151 e. The number of aliphatic hydroxyl groups is 1. The lowest BCUT2D eigenvalue weighted by Gasteiger charge is -2.33. The van der Waals surface area contributed by atoms with Crippen LogP contribution in [0.2, 0.25) is 5.02 Å². The fraction of sp³-hybridized carbons (Fsp3) is 0.462. The van der Waals surface area contributed by atoms with Crippen LogP contribution in [0, 0.1) is 5.92 Å². The minimum atomic E-state index is 0.276. The second-order valence-electron chi connectivity index (χ2n) is 4.44. The van der Waals surface area contributed by atoms with Gasteiger partial charge in [0, 0.05) is 30.9 Å². The van der Waals surface area contributed by atoms with Crippen molar-refractivity contribution >= 4 is 23.6 Å². The van der Waals surface area contributed by atoms with Gasteiger partial charge in [-0.25, -0.2) is 0 Å². The molecule has 0 saturated carbocycles. The van der Waals surface area contributed by atoms with E-state index in [1.165, 1.54) is 0 Å². The van der Waals surface area contributed by atoms with Gasteiger partial charge in [-0.15, -0.1) is 0 Å². The number of piperidine rings is 1. The summed E-state index contributed by atoms with van der Waals surface area (Å²) in [6.07, 6.45) is 2.78. The van der Waals surface area contributed by atoms with Crippen LogP contribution >= 0.6 is 11.6 Å². The van der Waals surface area contributed by atoms with E-state index in [-0.39, 0.29) is 6.61 Å². The van der Waals surface area contributed by atoms with Gasteiger partial charge in [0.15, 0.2) is 6.29 Å². The Labute approximate surface area is 106 Å². The number of hydrogen-bond donors (Lipinski definition) is 1. The number of aldehydes is 1. The highest BCUT2D eigenvalue weighted by atomic mass is 35.5. The predicted octanol–water partition coefficient (Wildman–Crippen LogP) is 2.36. The zero-order valence-corrected chi connectivity index (χ0v) is 10.4. The predicted molar refractivity (Wildman–Crippen MR) is 68.9 cm³/mol. The lowest BCUT2D eigenvalue weighted by Crippen LogP contribution is -2.34. The van der Waals surface area contributed by atoms with Gasteiger partial charge in [-0.3, -0.25) is 4.79 Å². The van der Waals surface area contributed by atoms with Crippen molar-refractivity contribution in [3.63, 3.8) is 0 Å². The van der Waals surface area contributed by atoms with Crippen molar-refractivity contribution in [3.05, 3.63) is 28.8 Å². The Balaban J connectivity index is 2.08. The minimum Gasteiger partial charge on any atom is -0.396 e. The minimum absolute atomic E-state index is 0.276. The summed E-state index contributed by atoms with van der Waals surface area (Å²) in [5.74, 6) is 0.427. The van der Waals surface area contributed by atoms with Crippen molar-refractivity contribution in [2.75, 3.05) is 24.6 Å². The van der Waals surface area contributed by atoms with Crippen LogP contribution in [0.5, 0.6) is 0 Å².